The molecule has 2 rings (SSSR count). The molecular formula is C15H23NO2S. The first kappa shape index (κ1) is 4.85. The third-order valence-corrected chi connectivity index (χ3v) is 3.68. The van der Waals surface area contributed by atoms with Gasteiger partial charge in [-0.15, -0.1) is 0 Å². The molecule has 19 heavy (non-hydrogen) atoms. The molecule has 0 spiro atoms. The fourth-order valence-corrected chi connectivity index (χ4v) is 2.50. The third kappa shape index (κ3) is 3.80. The fourth-order valence-electron chi connectivity index (χ4n) is 2.07. The Labute approximate surface area is 136 Å². The average Bonchev–Trinajstić information content (AvgIpc) is 2.64. The predicted molar refractivity (Wildman–Crippen MR) is 78.3 cm³/mol. The van der Waals surface area contributed by atoms with Crippen LogP contribution < -0.4 is 0 Å². The molecule has 0 bridgehead atoms. The first-order chi connectivity index (χ1) is 14.6. The van der Waals surface area contributed by atoms with Gasteiger partial charge in [0.1, 0.15) is 0 Å². The summed E-state index contributed by atoms with van der Waals surface area (Å²) in [6.07, 6.45) is -6.60. The average molecular weight is 296 g/mol. The van der Waals surface area contributed by atoms with Crippen molar-refractivity contribution in [3.63, 3.8) is 0 Å². The van der Waals surface area contributed by atoms with Crippen molar-refractivity contribution >= 4 is 9.84 Å². The van der Waals surface area contributed by atoms with Crippen LogP contribution in [0.3, 0.4) is 0 Å². The van der Waals surface area contributed by atoms with E-state index in [2.05, 4.69) is 0 Å². The lowest BCUT2D eigenvalue weighted by molar-refractivity contribution is 0.208. The number of benzene rings is 1. The zero-order valence-corrected chi connectivity index (χ0v) is 10.9. The van der Waals surface area contributed by atoms with Gasteiger partial charge in [-0.3, -0.25) is 0 Å². The molecule has 1 atom stereocenters. The van der Waals surface area contributed by atoms with Gasteiger partial charge in [0.05, 0.1) is 10.4 Å². The number of hydrogen-bond acceptors (Lipinski definition) is 3. The van der Waals surface area contributed by atoms with Crippen LogP contribution in [-0.2, 0) is 9.84 Å². The van der Waals surface area contributed by atoms with Crippen molar-refractivity contribution in [3.05, 3.63) is 29.7 Å². The van der Waals surface area contributed by atoms with Gasteiger partial charge in [-0.1, -0.05) is 18.9 Å². The van der Waals surface area contributed by atoms with Crippen molar-refractivity contribution in [2.75, 3.05) is 25.8 Å². The Morgan fingerprint density at radius 3 is 3.26 bits per heavy atom. The molecule has 1 aromatic rings. The number of sulfone groups is 1. The maximum absolute atomic E-state index is 12.5. The number of hydrogen-bond donors (Lipinski definition) is 0. The summed E-state index contributed by atoms with van der Waals surface area (Å²) >= 11 is 0. The Kier molecular flexibility index (Phi) is 1.54. The molecule has 1 fully saturated rings. The fraction of sp³-hybridized carbons (Fsp3) is 0.600. The summed E-state index contributed by atoms with van der Waals surface area (Å²) in [5, 5.41) is 0. The lowest BCUT2D eigenvalue weighted by Gasteiger charge is -2.32. The van der Waals surface area contributed by atoms with Crippen molar-refractivity contribution < 1.29 is 27.6 Å². The minimum atomic E-state index is -5.22. The van der Waals surface area contributed by atoms with Crippen LogP contribution in [0.4, 0.5) is 0 Å². The molecule has 4 heteroatoms. The van der Waals surface area contributed by atoms with Crippen molar-refractivity contribution in [1.29, 1.82) is 0 Å². The molecule has 0 radical (unpaired) electrons. The van der Waals surface area contributed by atoms with Gasteiger partial charge in [0.15, 0.2) is 9.84 Å². The second-order valence-corrected chi connectivity index (χ2v) is 5.68. The quantitative estimate of drug-likeness (QED) is 0.857. The van der Waals surface area contributed by atoms with E-state index in [0.717, 1.165) is 4.90 Å². The summed E-state index contributed by atoms with van der Waals surface area (Å²) in [6.45, 7) is -6.80. The first-order valence-corrected chi connectivity index (χ1v) is 7.19. The minimum absolute atomic E-state index is 0.0650. The largest absolute Gasteiger partial charge is 0.303 e. The highest BCUT2D eigenvalue weighted by molar-refractivity contribution is 7.90. The van der Waals surface area contributed by atoms with Gasteiger partial charge in [0.2, 0.25) is 0 Å². The molecule has 0 aromatic heterocycles. The van der Waals surface area contributed by atoms with Gasteiger partial charge in [-0.25, -0.2) is 8.42 Å². The molecule has 0 saturated carbocycles. The van der Waals surface area contributed by atoms with Gasteiger partial charge in [0, 0.05) is 26.4 Å². The summed E-state index contributed by atoms with van der Waals surface area (Å²) in [5.41, 5.74) is -0.381. The molecule has 1 aliphatic rings. The van der Waals surface area contributed by atoms with Gasteiger partial charge < -0.3 is 4.90 Å². The number of piperidine rings is 1. The van der Waals surface area contributed by atoms with Gasteiger partial charge >= 0.3 is 0 Å². The first-order valence-electron chi connectivity index (χ1n) is 12.7. The lowest BCUT2D eigenvalue weighted by Crippen LogP contribution is -2.34. The SMILES string of the molecule is [2H]c1c([2H])c([C@@H]2CCCN(C([2H])([2H])C([2H])([2H])C([2H])([2H])[2H])C2)c([2H])c(S(=O)(=O)C([2H])([2H])[2H])c1[2H]. The molecule has 1 saturated heterocycles. The van der Waals surface area contributed by atoms with E-state index in [1.165, 1.54) is 0 Å². The van der Waals surface area contributed by atoms with Crippen LogP contribution in [0, 0.1) is 0 Å². The summed E-state index contributed by atoms with van der Waals surface area (Å²) in [4.78, 5) is -0.334. The minimum Gasteiger partial charge on any atom is -0.303 e. The van der Waals surface area contributed by atoms with E-state index in [1.54, 1.807) is 0 Å². The van der Waals surface area contributed by atoms with Crippen LogP contribution in [0.5, 0.6) is 0 Å². The van der Waals surface area contributed by atoms with Crippen molar-refractivity contribution in [2.45, 2.75) is 36.9 Å². The monoisotopic (exact) mass is 295 g/mol. The molecule has 106 valence electrons. The summed E-state index contributed by atoms with van der Waals surface area (Å²) in [7, 11) is -5.22. The van der Waals surface area contributed by atoms with Crippen molar-refractivity contribution in [2.24, 2.45) is 0 Å². The summed E-state index contributed by atoms with van der Waals surface area (Å²) in [6, 6.07) is -3.67. The molecule has 3 nitrogen and oxygen atoms in total. The Hall–Kier alpha value is -0.870. The second kappa shape index (κ2) is 6.06. The standard InChI is InChI=1S/C15H23NO2S/c1-3-9-16-10-5-7-14(12-16)13-6-4-8-15(11-13)19(2,17)18/h4,6,8,11,14H,3,5,7,9-10,12H2,1-2H3/t14-/m1/s1/i1D3,2D3,3D2,4D,6D,8D,9D2,11D. The maximum Gasteiger partial charge on any atom is 0.175 e. The maximum atomic E-state index is 12.5. The Balaban J connectivity index is 2.65. The van der Waals surface area contributed by atoms with E-state index >= 15 is 0 Å². The van der Waals surface area contributed by atoms with E-state index < -0.39 is 77.3 Å². The van der Waals surface area contributed by atoms with E-state index in [1.807, 2.05) is 0 Å². The zero-order chi connectivity index (χ0) is 25.9. The van der Waals surface area contributed by atoms with Crippen LogP contribution in [0.1, 0.15) is 56.7 Å². The van der Waals surface area contributed by atoms with Gasteiger partial charge in [-0.05, 0) is 55.8 Å². The summed E-state index contributed by atoms with van der Waals surface area (Å²) in [5.74, 6) is -1.00. The zero-order valence-electron chi connectivity index (χ0n) is 24.1. The Morgan fingerprint density at radius 1 is 1.58 bits per heavy atom. The topological polar surface area (TPSA) is 37.4 Å². The highest BCUT2D eigenvalue weighted by atomic mass is 32.2. The van der Waals surface area contributed by atoms with Crippen molar-refractivity contribution in [3.8, 4) is 0 Å². The predicted octanol–water partition coefficient (Wildman–Crippen LogP) is 2.68. The molecule has 0 amide bonds. The second-order valence-electron chi connectivity index (χ2n) is 4.27. The van der Waals surface area contributed by atoms with Crippen LogP contribution in [0.25, 0.3) is 0 Å². The highest BCUT2D eigenvalue weighted by Crippen LogP contribution is 2.28. The van der Waals surface area contributed by atoms with Crippen LogP contribution in [0.2, 0.25) is 0 Å². The van der Waals surface area contributed by atoms with E-state index in [-0.39, 0.29) is 24.9 Å². The molecule has 0 unspecified atom stereocenters. The number of likely N-dealkylation sites (tertiary alicyclic amines) is 1. The Morgan fingerprint density at radius 2 is 2.47 bits per heavy atom. The number of nitrogens with zero attached hydrogens (tertiary/aromatic N) is 1. The van der Waals surface area contributed by atoms with Gasteiger partial charge in [0.25, 0.3) is 0 Å². The molecular weight excluding hydrogens is 258 g/mol. The van der Waals surface area contributed by atoms with Crippen LogP contribution >= 0.6 is 0 Å². The van der Waals surface area contributed by atoms with Crippen LogP contribution in [-0.4, -0.2) is 39.1 Å². The third-order valence-electron chi connectivity index (χ3n) is 2.93. The van der Waals surface area contributed by atoms with Gasteiger partial charge in [-0.2, -0.15) is 0 Å². The Bertz CT molecular complexity index is 1030. The normalized spacial score (nSPS) is 35.1. The van der Waals surface area contributed by atoms with E-state index in [9.17, 15) is 8.42 Å². The number of rotatable bonds is 4. The van der Waals surface area contributed by atoms with E-state index in [4.69, 9.17) is 19.2 Å². The molecule has 0 N–H and O–H groups in total. The van der Waals surface area contributed by atoms with Crippen LogP contribution in [0.15, 0.2) is 29.1 Å². The molecule has 1 heterocycles. The lowest BCUT2D eigenvalue weighted by atomic mass is 9.90. The summed E-state index contributed by atoms with van der Waals surface area (Å²) < 4.78 is 133. The molecule has 1 aromatic carbocycles. The smallest absolute Gasteiger partial charge is 0.175 e. The van der Waals surface area contributed by atoms with E-state index in [0.29, 0.717) is 0 Å². The highest BCUT2D eigenvalue weighted by Gasteiger charge is 2.21. The molecule has 0 aliphatic carbocycles. The van der Waals surface area contributed by atoms with Crippen molar-refractivity contribution in [1.82, 2.24) is 4.90 Å². The molecule has 1 aliphatic heterocycles.